The van der Waals surface area contributed by atoms with Crippen molar-refractivity contribution >= 4 is 5.91 Å². The Balaban J connectivity index is 1.45. The number of nitrogens with one attached hydrogen (secondary N) is 1. The van der Waals surface area contributed by atoms with Crippen molar-refractivity contribution in [3.8, 4) is 5.75 Å². The topological polar surface area (TPSA) is 38.3 Å². The second kappa shape index (κ2) is 8.70. The Morgan fingerprint density at radius 1 is 1.08 bits per heavy atom. The normalized spacial score (nSPS) is 14.4. The molecule has 1 fully saturated rings. The van der Waals surface area contributed by atoms with E-state index < -0.39 is 0 Å². The Morgan fingerprint density at radius 3 is 2.64 bits per heavy atom. The molecule has 0 saturated heterocycles. The number of amides is 1. The second-order valence-corrected chi connectivity index (χ2v) is 6.94. The molecule has 2 aromatic rings. The third-order valence-corrected chi connectivity index (χ3v) is 4.72. The highest BCUT2D eigenvalue weighted by Crippen LogP contribution is 2.24. The predicted octanol–water partition coefficient (Wildman–Crippen LogP) is 4.57. The van der Waals surface area contributed by atoms with Crippen molar-refractivity contribution in [1.29, 1.82) is 0 Å². The van der Waals surface area contributed by atoms with Gasteiger partial charge in [-0.3, -0.25) is 4.79 Å². The average molecular weight is 337 g/mol. The van der Waals surface area contributed by atoms with Crippen LogP contribution in [0.3, 0.4) is 0 Å². The minimum Gasteiger partial charge on any atom is -0.490 e. The molecule has 0 atom stereocenters. The first-order chi connectivity index (χ1) is 12.2. The third-order valence-electron chi connectivity index (χ3n) is 4.72. The Labute approximate surface area is 150 Å². The molecule has 1 aliphatic rings. The number of ether oxygens (including phenoxy) is 1. The highest BCUT2D eigenvalue weighted by molar-refractivity contribution is 5.76. The maximum Gasteiger partial charge on any atom is 0.220 e. The lowest BCUT2D eigenvalue weighted by Gasteiger charge is -2.14. The molecule has 0 aliphatic heterocycles. The number of rotatable bonds is 7. The number of carbonyl (C=O) groups is 1. The Kier molecular flexibility index (Phi) is 6.10. The van der Waals surface area contributed by atoms with Crippen molar-refractivity contribution in [2.24, 2.45) is 0 Å². The van der Waals surface area contributed by atoms with Gasteiger partial charge in [-0.1, -0.05) is 42.0 Å². The van der Waals surface area contributed by atoms with Crippen LogP contribution in [0.2, 0.25) is 0 Å². The molecule has 0 spiro atoms. The molecule has 3 nitrogen and oxygen atoms in total. The summed E-state index contributed by atoms with van der Waals surface area (Å²) >= 11 is 0. The fourth-order valence-corrected chi connectivity index (χ4v) is 3.34. The number of benzene rings is 2. The third kappa shape index (κ3) is 5.63. The van der Waals surface area contributed by atoms with Crippen molar-refractivity contribution in [2.45, 2.75) is 58.1 Å². The van der Waals surface area contributed by atoms with E-state index in [1.807, 2.05) is 24.3 Å². The molecule has 0 aromatic heterocycles. The SMILES string of the molecule is Cc1cccc(CNC(=O)CCc2cccc(OC3CCCC3)c2)c1. The van der Waals surface area contributed by atoms with E-state index in [0.717, 1.165) is 36.1 Å². The maximum atomic E-state index is 12.1. The van der Waals surface area contributed by atoms with E-state index >= 15 is 0 Å². The van der Waals surface area contributed by atoms with E-state index in [4.69, 9.17) is 4.74 Å². The number of hydrogen-bond acceptors (Lipinski definition) is 2. The molecule has 1 amide bonds. The molecular formula is C22H27NO2. The molecular weight excluding hydrogens is 310 g/mol. The molecule has 3 rings (SSSR count). The summed E-state index contributed by atoms with van der Waals surface area (Å²) in [5, 5.41) is 3.00. The van der Waals surface area contributed by atoms with Crippen molar-refractivity contribution in [3.63, 3.8) is 0 Å². The second-order valence-electron chi connectivity index (χ2n) is 6.94. The van der Waals surface area contributed by atoms with Crippen LogP contribution in [-0.4, -0.2) is 12.0 Å². The van der Waals surface area contributed by atoms with Gasteiger partial charge in [0, 0.05) is 13.0 Å². The van der Waals surface area contributed by atoms with E-state index in [2.05, 4.69) is 36.5 Å². The van der Waals surface area contributed by atoms with Gasteiger partial charge >= 0.3 is 0 Å². The van der Waals surface area contributed by atoms with Crippen LogP contribution in [0.1, 0.15) is 48.8 Å². The monoisotopic (exact) mass is 337 g/mol. The van der Waals surface area contributed by atoms with Crippen molar-refractivity contribution < 1.29 is 9.53 Å². The minimum absolute atomic E-state index is 0.0867. The molecule has 2 aromatic carbocycles. The van der Waals surface area contributed by atoms with Gasteiger partial charge in [0.15, 0.2) is 0 Å². The van der Waals surface area contributed by atoms with Crippen LogP contribution in [-0.2, 0) is 17.8 Å². The summed E-state index contributed by atoms with van der Waals surface area (Å²) in [5.41, 5.74) is 3.51. The van der Waals surface area contributed by atoms with Crippen molar-refractivity contribution in [2.75, 3.05) is 0 Å². The van der Waals surface area contributed by atoms with E-state index in [-0.39, 0.29) is 5.91 Å². The van der Waals surface area contributed by atoms with E-state index in [0.29, 0.717) is 19.1 Å². The highest BCUT2D eigenvalue weighted by Gasteiger charge is 2.16. The lowest BCUT2D eigenvalue weighted by molar-refractivity contribution is -0.121. The molecule has 1 aliphatic carbocycles. The van der Waals surface area contributed by atoms with Crippen LogP contribution < -0.4 is 10.1 Å². The van der Waals surface area contributed by atoms with Gasteiger partial charge in [0.2, 0.25) is 5.91 Å². The Bertz CT molecular complexity index is 705. The van der Waals surface area contributed by atoms with Gasteiger partial charge in [-0.05, 0) is 62.3 Å². The van der Waals surface area contributed by atoms with Crippen LogP contribution in [0.25, 0.3) is 0 Å². The number of aryl methyl sites for hydroxylation is 2. The predicted molar refractivity (Wildman–Crippen MR) is 101 cm³/mol. The largest absolute Gasteiger partial charge is 0.490 e. The van der Waals surface area contributed by atoms with Crippen LogP contribution in [0, 0.1) is 6.92 Å². The van der Waals surface area contributed by atoms with Gasteiger partial charge in [0.1, 0.15) is 5.75 Å². The zero-order valence-electron chi connectivity index (χ0n) is 15.0. The molecule has 1 saturated carbocycles. The van der Waals surface area contributed by atoms with Gasteiger partial charge < -0.3 is 10.1 Å². The van der Waals surface area contributed by atoms with E-state index in [9.17, 15) is 4.79 Å². The summed E-state index contributed by atoms with van der Waals surface area (Å²) in [4.78, 5) is 12.1. The molecule has 0 radical (unpaired) electrons. The van der Waals surface area contributed by atoms with Gasteiger partial charge in [0.05, 0.1) is 6.10 Å². The van der Waals surface area contributed by atoms with Crippen LogP contribution in [0.15, 0.2) is 48.5 Å². The van der Waals surface area contributed by atoms with Crippen LogP contribution in [0.4, 0.5) is 0 Å². The average Bonchev–Trinajstić information content (AvgIpc) is 3.11. The summed E-state index contributed by atoms with van der Waals surface area (Å²) in [6.07, 6.45) is 6.46. The first-order valence-corrected chi connectivity index (χ1v) is 9.27. The molecule has 1 N–H and O–H groups in total. The lowest BCUT2D eigenvalue weighted by atomic mass is 10.1. The molecule has 3 heteroatoms. The number of carbonyl (C=O) groups excluding carboxylic acids is 1. The Morgan fingerprint density at radius 2 is 1.84 bits per heavy atom. The fourth-order valence-electron chi connectivity index (χ4n) is 3.34. The fraction of sp³-hybridized carbons (Fsp3) is 0.409. The van der Waals surface area contributed by atoms with E-state index in [1.165, 1.54) is 18.4 Å². The zero-order chi connectivity index (χ0) is 17.5. The Hall–Kier alpha value is -2.29. The smallest absolute Gasteiger partial charge is 0.220 e. The minimum atomic E-state index is 0.0867. The van der Waals surface area contributed by atoms with Crippen LogP contribution in [0.5, 0.6) is 5.75 Å². The summed E-state index contributed by atoms with van der Waals surface area (Å²) < 4.78 is 6.04. The molecule has 0 heterocycles. The van der Waals surface area contributed by atoms with E-state index in [1.54, 1.807) is 0 Å². The van der Waals surface area contributed by atoms with Gasteiger partial charge in [-0.25, -0.2) is 0 Å². The number of hydrogen-bond donors (Lipinski definition) is 1. The van der Waals surface area contributed by atoms with Gasteiger partial charge in [0.25, 0.3) is 0 Å². The highest BCUT2D eigenvalue weighted by atomic mass is 16.5. The van der Waals surface area contributed by atoms with Crippen molar-refractivity contribution in [1.82, 2.24) is 5.32 Å². The molecule has 132 valence electrons. The summed E-state index contributed by atoms with van der Waals surface area (Å²) in [6.45, 7) is 2.65. The molecule has 0 unspecified atom stereocenters. The first kappa shape index (κ1) is 17.5. The summed E-state index contributed by atoms with van der Waals surface area (Å²) in [6, 6.07) is 16.4. The first-order valence-electron chi connectivity index (χ1n) is 9.27. The standard InChI is InChI=1S/C22H27NO2/c1-17-6-4-8-19(14-17)16-23-22(24)13-12-18-7-5-11-21(15-18)25-20-9-2-3-10-20/h4-8,11,14-15,20H,2-3,9-10,12-13,16H2,1H3,(H,23,24). The quantitative estimate of drug-likeness (QED) is 0.804. The van der Waals surface area contributed by atoms with Crippen molar-refractivity contribution in [3.05, 3.63) is 65.2 Å². The summed E-state index contributed by atoms with van der Waals surface area (Å²) in [5.74, 6) is 1.02. The maximum absolute atomic E-state index is 12.1. The van der Waals surface area contributed by atoms with Gasteiger partial charge in [-0.2, -0.15) is 0 Å². The van der Waals surface area contributed by atoms with Gasteiger partial charge in [-0.15, -0.1) is 0 Å². The lowest BCUT2D eigenvalue weighted by Crippen LogP contribution is -2.23. The van der Waals surface area contributed by atoms with Crippen LogP contribution >= 0.6 is 0 Å². The summed E-state index contributed by atoms with van der Waals surface area (Å²) in [7, 11) is 0. The molecule has 0 bridgehead atoms. The molecule has 25 heavy (non-hydrogen) atoms. The zero-order valence-corrected chi connectivity index (χ0v) is 15.0.